The molecule has 1 fully saturated rings. The lowest BCUT2D eigenvalue weighted by atomic mass is 10.1. The summed E-state index contributed by atoms with van der Waals surface area (Å²) in [4.78, 5) is 23.7. The first-order valence-electron chi connectivity index (χ1n) is 11.3. The van der Waals surface area contributed by atoms with Crippen LogP contribution in [0.4, 0.5) is 10.6 Å². The molecule has 3 atom stereocenters. The molecule has 5 rings (SSSR count). The highest BCUT2D eigenvalue weighted by atomic mass is 79.9. The predicted octanol–water partition coefficient (Wildman–Crippen LogP) is 2.80. The van der Waals surface area contributed by atoms with E-state index >= 15 is 0 Å². The van der Waals surface area contributed by atoms with Crippen LogP contribution in [0.1, 0.15) is 30.6 Å². The Morgan fingerprint density at radius 3 is 2.91 bits per heavy atom. The van der Waals surface area contributed by atoms with Crippen molar-refractivity contribution in [2.75, 3.05) is 18.9 Å². The van der Waals surface area contributed by atoms with Crippen molar-refractivity contribution < 1.29 is 15.0 Å². The van der Waals surface area contributed by atoms with Gasteiger partial charge in [-0.2, -0.15) is 9.61 Å². The number of benzene rings is 1. The number of halogens is 1. The summed E-state index contributed by atoms with van der Waals surface area (Å²) in [7, 11) is 0. The number of carbonyl (C=O) groups excluding carboxylic acids is 1. The monoisotopic (exact) mass is 539 g/mol. The van der Waals surface area contributed by atoms with Gasteiger partial charge in [0.1, 0.15) is 5.82 Å². The minimum atomic E-state index is -0.654. The lowest BCUT2D eigenvalue weighted by Crippen LogP contribution is -2.45. The third kappa shape index (κ3) is 4.19. The van der Waals surface area contributed by atoms with Gasteiger partial charge in [0.2, 0.25) is 0 Å². The number of nitrogens with one attached hydrogen (secondary N) is 1. The smallest absolute Gasteiger partial charge is 0.318 e. The van der Waals surface area contributed by atoms with Crippen LogP contribution >= 0.6 is 15.9 Å². The van der Waals surface area contributed by atoms with E-state index < -0.39 is 18.2 Å². The van der Waals surface area contributed by atoms with Crippen molar-refractivity contribution in [2.24, 2.45) is 0 Å². The summed E-state index contributed by atoms with van der Waals surface area (Å²) in [5.74, 6) is 0.353. The number of nitrogen functional groups attached to an aromatic ring is 1. The van der Waals surface area contributed by atoms with E-state index in [-0.39, 0.29) is 19.2 Å². The van der Waals surface area contributed by atoms with Crippen LogP contribution in [-0.4, -0.2) is 66.0 Å². The van der Waals surface area contributed by atoms with Gasteiger partial charge in [-0.05, 0) is 54.4 Å². The number of aryl methyl sites for hydroxylation is 1. The molecule has 0 aliphatic carbocycles. The molecule has 0 saturated carbocycles. The summed E-state index contributed by atoms with van der Waals surface area (Å²) in [5, 5.41) is 27.8. The highest BCUT2D eigenvalue weighted by Crippen LogP contribution is 2.33. The van der Waals surface area contributed by atoms with Gasteiger partial charge in [-0.25, -0.2) is 9.78 Å². The van der Waals surface area contributed by atoms with E-state index in [0.29, 0.717) is 28.1 Å². The van der Waals surface area contributed by atoms with Crippen LogP contribution < -0.4 is 11.1 Å². The molecule has 3 aromatic heterocycles. The van der Waals surface area contributed by atoms with E-state index in [2.05, 4.69) is 37.4 Å². The van der Waals surface area contributed by atoms with Gasteiger partial charge in [-0.3, -0.25) is 4.98 Å². The molecule has 4 aromatic rings. The second-order valence-corrected chi connectivity index (χ2v) is 9.75. The minimum absolute atomic E-state index is 0.167. The zero-order valence-corrected chi connectivity index (χ0v) is 20.9. The first kappa shape index (κ1) is 23.5. The topological polar surface area (TPSA) is 142 Å². The number of anilines is 1. The van der Waals surface area contributed by atoms with Crippen molar-refractivity contribution >= 4 is 44.3 Å². The maximum Gasteiger partial charge on any atom is 0.318 e. The molecule has 2 amide bonds. The molecule has 11 heteroatoms. The predicted molar refractivity (Wildman–Crippen MR) is 136 cm³/mol. The number of nitrogens with zero attached hydrogens (tertiary/aromatic N) is 5. The molecular weight excluding hydrogens is 514 g/mol. The van der Waals surface area contributed by atoms with E-state index in [0.717, 1.165) is 27.6 Å². The Labute approximate surface area is 209 Å². The average Bonchev–Trinajstić information content (AvgIpc) is 3.44. The number of aliphatic hydroxyl groups excluding tert-OH is 2. The number of likely N-dealkylation sites (tertiary alicyclic amines) is 1. The normalized spacial score (nSPS) is 18.9. The Bertz CT molecular complexity index is 1440. The fourth-order valence-electron chi connectivity index (χ4n) is 4.55. The molecule has 1 aromatic carbocycles. The van der Waals surface area contributed by atoms with E-state index in [1.54, 1.807) is 23.8 Å². The van der Waals surface area contributed by atoms with Crippen LogP contribution in [-0.2, 0) is 0 Å². The van der Waals surface area contributed by atoms with E-state index in [9.17, 15) is 15.0 Å². The lowest BCUT2D eigenvalue weighted by molar-refractivity contribution is 0.152. The van der Waals surface area contributed by atoms with Crippen LogP contribution in [0, 0.1) is 6.92 Å². The lowest BCUT2D eigenvalue weighted by Gasteiger charge is -2.25. The average molecular weight is 540 g/mol. The largest absolute Gasteiger partial charge is 0.394 e. The third-order valence-electron chi connectivity index (χ3n) is 6.41. The fourth-order valence-corrected chi connectivity index (χ4v) is 5.15. The first-order chi connectivity index (χ1) is 16.8. The van der Waals surface area contributed by atoms with Crippen LogP contribution in [0.5, 0.6) is 0 Å². The Balaban J connectivity index is 1.51. The summed E-state index contributed by atoms with van der Waals surface area (Å²) in [6.45, 7) is 3.80. The van der Waals surface area contributed by atoms with E-state index in [1.807, 2.05) is 25.1 Å². The van der Waals surface area contributed by atoms with Crippen LogP contribution in [0.3, 0.4) is 0 Å². The van der Waals surface area contributed by atoms with E-state index in [1.165, 1.54) is 4.90 Å². The van der Waals surface area contributed by atoms with Crippen molar-refractivity contribution in [3.63, 3.8) is 0 Å². The Morgan fingerprint density at radius 1 is 1.34 bits per heavy atom. The summed E-state index contributed by atoms with van der Waals surface area (Å²) >= 11 is 3.51. The quantitative estimate of drug-likeness (QED) is 0.312. The van der Waals surface area contributed by atoms with Gasteiger partial charge in [0.25, 0.3) is 0 Å². The van der Waals surface area contributed by atoms with Crippen LogP contribution in [0.25, 0.3) is 27.7 Å². The molecule has 0 radical (unpaired) electrons. The number of nitrogens with two attached hydrogens (primary N) is 1. The van der Waals surface area contributed by atoms with Crippen molar-refractivity contribution in [1.82, 2.24) is 29.8 Å². The SMILES string of the molecule is Cc1ccc2ncc(-c3cnn4c(N)c(Br)c(C(C)NC(=O)N5C[C@H](O)C[C@H]5CO)nc34)cc2c1. The number of urea groups is 1. The number of fused-ring (bicyclic) bond motifs is 2. The molecule has 1 aliphatic rings. The van der Waals surface area contributed by atoms with Crippen molar-refractivity contribution in [3.8, 4) is 11.1 Å². The Hall–Kier alpha value is -3.28. The Morgan fingerprint density at radius 2 is 2.14 bits per heavy atom. The molecule has 35 heavy (non-hydrogen) atoms. The Kier molecular flexibility index (Phi) is 6.07. The molecule has 1 unspecified atom stereocenters. The number of pyridine rings is 1. The molecule has 182 valence electrons. The van der Waals surface area contributed by atoms with Crippen molar-refractivity contribution in [1.29, 1.82) is 0 Å². The van der Waals surface area contributed by atoms with Gasteiger partial charge in [-0.15, -0.1) is 0 Å². The highest BCUT2D eigenvalue weighted by molar-refractivity contribution is 9.10. The molecule has 1 aliphatic heterocycles. The summed E-state index contributed by atoms with van der Waals surface area (Å²) < 4.78 is 2.08. The maximum absolute atomic E-state index is 12.9. The number of hydrogen-bond acceptors (Lipinski definition) is 7. The molecular formula is C24H26BrN7O3. The number of hydrogen-bond donors (Lipinski definition) is 4. The number of amides is 2. The zero-order chi connectivity index (χ0) is 24.9. The molecule has 0 bridgehead atoms. The van der Waals surface area contributed by atoms with Gasteiger partial charge in [0.05, 0.1) is 46.7 Å². The zero-order valence-electron chi connectivity index (χ0n) is 19.3. The number of carbonyl (C=O) groups is 1. The van der Waals surface area contributed by atoms with Crippen LogP contribution in [0.15, 0.2) is 41.1 Å². The van der Waals surface area contributed by atoms with Gasteiger partial charge in [0.15, 0.2) is 5.65 Å². The third-order valence-corrected chi connectivity index (χ3v) is 7.22. The molecule has 5 N–H and O–H groups in total. The van der Waals surface area contributed by atoms with Crippen molar-refractivity contribution in [3.05, 3.63) is 52.4 Å². The summed E-state index contributed by atoms with van der Waals surface area (Å²) in [6.07, 6.45) is 3.18. The number of aromatic nitrogens is 4. The fraction of sp³-hybridized carbons (Fsp3) is 0.333. The number of aliphatic hydroxyl groups is 2. The number of rotatable bonds is 4. The standard InChI is InChI=1S/C24H26BrN7O3/c1-12-3-4-19-14(5-12)6-15(8-27-19)18-9-28-32-22(26)20(25)21(30-23(18)32)13(2)29-24(35)31-10-17(34)7-16(31)11-33/h3-6,8-9,13,16-17,33-34H,7,10-11,26H2,1-2H3,(H,29,35)/t13?,16-,17+/m0/s1. The minimum Gasteiger partial charge on any atom is -0.394 e. The van der Waals surface area contributed by atoms with Gasteiger partial charge < -0.3 is 26.2 Å². The molecule has 10 nitrogen and oxygen atoms in total. The van der Waals surface area contributed by atoms with Gasteiger partial charge >= 0.3 is 6.03 Å². The second-order valence-electron chi connectivity index (χ2n) is 8.96. The van der Waals surface area contributed by atoms with Gasteiger partial charge in [0, 0.05) is 29.3 Å². The maximum atomic E-state index is 12.9. The summed E-state index contributed by atoms with van der Waals surface area (Å²) in [5.41, 5.74) is 11.1. The molecule has 4 heterocycles. The number of β-amino-alcohol motifs (C(OH)–C–C–N with tert-alkyl or cyclic N) is 1. The molecule has 0 spiro atoms. The first-order valence-corrected chi connectivity index (χ1v) is 12.1. The van der Waals surface area contributed by atoms with Gasteiger partial charge in [-0.1, -0.05) is 11.6 Å². The second kappa shape index (κ2) is 9.06. The van der Waals surface area contributed by atoms with E-state index in [4.69, 9.17) is 10.7 Å². The molecule has 1 saturated heterocycles. The highest BCUT2D eigenvalue weighted by Gasteiger charge is 2.34. The van der Waals surface area contributed by atoms with Crippen LogP contribution in [0.2, 0.25) is 0 Å². The summed E-state index contributed by atoms with van der Waals surface area (Å²) in [6, 6.07) is 6.81. The van der Waals surface area contributed by atoms with Crippen molar-refractivity contribution in [2.45, 2.75) is 38.5 Å².